The molecule has 1 aliphatic heterocycles. The summed E-state index contributed by atoms with van der Waals surface area (Å²) in [4.78, 5) is 24.0. The maximum Gasteiger partial charge on any atom is 0.227 e. The third kappa shape index (κ3) is 4.82. The zero-order valence-corrected chi connectivity index (χ0v) is 16.6. The lowest BCUT2D eigenvalue weighted by Gasteiger charge is -2.32. The maximum atomic E-state index is 10.9. The molecule has 1 aromatic carbocycles. The van der Waals surface area contributed by atoms with Crippen LogP contribution in [0.25, 0.3) is 0 Å². The Kier molecular flexibility index (Phi) is 6.52. The molecule has 2 heterocycles. The minimum atomic E-state index is 0.697. The summed E-state index contributed by atoms with van der Waals surface area (Å²) in [5, 5.41) is 3.38. The van der Waals surface area contributed by atoms with Crippen LogP contribution in [0.3, 0.4) is 0 Å². The van der Waals surface area contributed by atoms with E-state index in [4.69, 9.17) is 9.47 Å². The highest BCUT2D eigenvalue weighted by Crippen LogP contribution is 2.27. The summed E-state index contributed by atoms with van der Waals surface area (Å²) in [7, 11) is 3.27. The van der Waals surface area contributed by atoms with Gasteiger partial charge < -0.3 is 24.6 Å². The molecule has 8 heteroatoms. The number of methoxy groups -OCH3 is 2. The predicted molar refractivity (Wildman–Crippen MR) is 108 cm³/mol. The minimum absolute atomic E-state index is 0.697. The van der Waals surface area contributed by atoms with Gasteiger partial charge in [-0.25, -0.2) is 4.98 Å². The second kappa shape index (κ2) is 9.25. The number of hydrogen-bond acceptors (Lipinski definition) is 7. The van der Waals surface area contributed by atoms with Crippen LogP contribution in [0.15, 0.2) is 24.3 Å². The van der Waals surface area contributed by atoms with Crippen LogP contribution in [0.4, 0.5) is 11.8 Å². The number of nitrogens with zero attached hydrogens (tertiary/aromatic N) is 4. The van der Waals surface area contributed by atoms with Gasteiger partial charge in [0.2, 0.25) is 12.4 Å². The van der Waals surface area contributed by atoms with E-state index in [0.29, 0.717) is 19.0 Å². The largest absolute Gasteiger partial charge is 0.493 e. The molecule has 3 rings (SSSR count). The van der Waals surface area contributed by atoms with Crippen LogP contribution < -0.4 is 19.7 Å². The fraction of sp³-hybridized carbons (Fsp3) is 0.450. The van der Waals surface area contributed by atoms with Crippen molar-refractivity contribution >= 4 is 18.2 Å². The first-order valence-electron chi connectivity index (χ1n) is 9.37. The van der Waals surface area contributed by atoms with Gasteiger partial charge in [-0.05, 0) is 31.0 Å². The summed E-state index contributed by atoms with van der Waals surface area (Å²) in [6, 6.07) is 7.88. The molecule has 0 unspecified atom stereocenters. The van der Waals surface area contributed by atoms with E-state index in [9.17, 15) is 4.79 Å². The van der Waals surface area contributed by atoms with Gasteiger partial charge in [-0.15, -0.1) is 0 Å². The third-order valence-electron chi connectivity index (χ3n) is 4.76. The highest BCUT2D eigenvalue weighted by atomic mass is 16.5. The van der Waals surface area contributed by atoms with Crippen molar-refractivity contribution in [3.05, 3.63) is 35.5 Å². The topological polar surface area (TPSA) is 79.8 Å². The van der Waals surface area contributed by atoms with Crippen LogP contribution in [-0.4, -0.2) is 68.2 Å². The van der Waals surface area contributed by atoms with E-state index in [-0.39, 0.29) is 0 Å². The van der Waals surface area contributed by atoms with Crippen LogP contribution in [0.5, 0.6) is 11.5 Å². The highest BCUT2D eigenvalue weighted by molar-refractivity contribution is 5.49. The Morgan fingerprint density at radius 3 is 2.50 bits per heavy atom. The number of ether oxygens (including phenoxy) is 2. The number of aryl methyl sites for hydroxylation is 1. The molecular weight excluding hydrogens is 358 g/mol. The van der Waals surface area contributed by atoms with Gasteiger partial charge in [0.15, 0.2) is 11.5 Å². The lowest BCUT2D eigenvalue weighted by Crippen LogP contribution is -2.46. The number of piperazine rings is 1. The molecule has 1 N–H and O–H groups in total. The molecule has 1 aliphatic rings. The lowest BCUT2D eigenvalue weighted by atomic mass is 10.1. The van der Waals surface area contributed by atoms with E-state index < -0.39 is 0 Å². The number of benzene rings is 1. The second-order valence-electron chi connectivity index (χ2n) is 6.69. The van der Waals surface area contributed by atoms with Gasteiger partial charge in [-0.3, -0.25) is 4.79 Å². The summed E-state index contributed by atoms with van der Waals surface area (Å²) >= 11 is 0. The summed E-state index contributed by atoms with van der Waals surface area (Å²) < 4.78 is 10.6. The predicted octanol–water partition coefficient (Wildman–Crippen LogP) is 1.74. The molecule has 8 nitrogen and oxygen atoms in total. The number of carbonyl (C=O) groups excluding carboxylic acids is 1. The quantitative estimate of drug-likeness (QED) is 0.693. The molecule has 1 saturated heterocycles. The van der Waals surface area contributed by atoms with Crippen molar-refractivity contribution in [3.8, 4) is 11.5 Å². The number of anilines is 2. The van der Waals surface area contributed by atoms with Crippen molar-refractivity contribution in [3.63, 3.8) is 0 Å². The zero-order chi connectivity index (χ0) is 19.9. The first-order valence-corrected chi connectivity index (χ1v) is 9.37. The number of rotatable bonds is 8. The van der Waals surface area contributed by atoms with E-state index in [1.54, 1.807) is 19.1 Å². The number of carbonyl (C=O) groups is 1. The molecule has 0 atom stereocenters. The van der Waals surface area contributed by atoms with Gasteiger partial charge in [0.05, 0.1) is 14.2 Å². The van der Waals surface area contributed by atoms with E-state index in [2.05, 4.69) is 20.2 Å². The molecule has 2 aromatic rings. The van der Waals surface area contributed by atoms with E-state index >= 15 is 0 Å². The Balaban J connectivity index is 1.60. The van der Waals surface area contributed by atoms with Crippen molar-refractivity contribution < 1.29 is 14.3 Å². The fourth-order valence-corrected chi connectivity index (χ4v) is 3.18. The van der Waals surface area contributed by atoms with Gasteiger partial charge in [0, 0.05) is 44.5 Å². The summed E-state index contributed by atoms with van der Waals surface area (Å²) in [5.41, 5.74) is 2.07. The molecule has 0 bridgehead atoms. The standard InChI is InChI=1S/C20H27N5O3/c1-15-12-19(23-20(22-15)25-10-8-24(14-26)9-11-25)21-7-6-16-4-5-17(27-2)18(13-16)28-3/h4-5,12-14H,6-11H2,1-3H3,(H,21,22,23). The molecule has 0 aliphatic carbocycles. The smallest absolute Gasteiger partial charge is 0.227 e. The monoisotopic (exact) mass is 385 g/mol. The molecular formula is C20H27N5O3. The molecule has 1 aromatic heterocycles. The summed E-state index contributed by atoms with van der Waals surface area (Å²) in [6.07, 6.45) is 1.73. The lowest BCUT2D eigenvalue weighted by molar-refractivity contribution is -0.118. The van der Waals surface area contributed by atoms with Crippen molar-refractivity contribution in [1.29, 1.82) is 0 Å². The zero-order valence-electron chi connectivity index (χ0n) is 16.6. The number of aromatic nitrogens is 2. The highest BCUT2D eigenvalue weighted by Gasteiger charge is 2.18. The van der Waals surface area contributed by atoms with E-state index in [0.717, 1.165) is 61.0 Å². The van der Waals surface area contributed by atoms with Gasteiger partial charge in [0.1, 0.15) is 5.82 Å². The number of hydrogen-bond donors (Lipinski definition) is 1. The molecule has 28 heavy (non-hydrogen) atoms. The van der Waals surface area contributed by atoms with E-state index in [1.165, 1.54) is 0 Å². The summed E-state index contributed by atoms with van der Waals surface area (Å²) in [5.74, 6) is 2.97. The maximum absolute atomic E-state index is 10.9. The molecule has 1 amide bonds. The van der Waals surface area contributed by atoms with Gasteiger partial charge >= 0.3 is 0 Å². The van der Waals surface area contributed by atoms with Crippen molar-refractivity contribution in [2.24, 2.45) is 0 Å². The minimum Gasteiger partial charge on any atom is -0.493 e. The average Bonchev–Trinajstić information content (AvgIpc) is 2.73. The van der Waals surface area contributed by atoms with Crippen molar-refractivity contribution in [2.75, 3.05) is 57.2 Å². The number of nitrogens with one attached hydrogen (secondary N) is 1. The second-order valence-corrected chi connectivity index (χ2v) is 6.69. The Morgan fingerprint density at radius 2 is 1.82 bits per heavy atom. The number of amides is 1. The van der Waals surface area contributed by atoms with Gasteiger partial charge in [-0.1, -0.05) is 6.07 Å². The fourth-order valence-electron chi connectivity index (χ4n) is 3.18. The van der Waals surface area contributed by atoms with Crippen LogP contribution in [0.1, 0.15) is 11.3 Å². The Bertz CT molecular complexity index is 806. The molecule has 1 fully saturated rings. The van der Waals surface area contributed by atoms with Crippen molar-refractivity contribution in [1.82, 2.24) is 14.9 Å². The SMILES string of the molecule is COc1ccc(CCNc2cc(C)nc(N3CCN(C=O)CC3)n2)cc1OC. The van der Waals surface area contributed by atoms with Crippen LogP contribution in [0.2, 0.25) is 0 Å². The first kappa shape index (κ1) is 19.7. The van der Waals surface area contributed by atoms with Crippen molar-refractivity contribution in [2.45, 2.75) is 13.3 Å². The average molecular weight is 385 g/mol. The van der Waals surface area contributed by atoms with Crippen LogP contribution in [0, 0.1) is 6.92 Å². The molecule has 0 spiro atoms. The Labute approximate surface area is 165 Å². The molecule has 0 radical (unpaired) electrons. The first-order chi connectivity index (χ1) is 13.6. The Morgan fingerprint density at radius 1 is 1.07 bits per heavy atom. The normalized spacial score (nSPS) is 14.0. The van der Waals surface area contributed by atoms with Gasteiger partial charge in [-0.2, -0.15) is 4.98 Å². The van der Waals surface area contributed by atoms with Gasteiger partial charge in [0.25, 0.3) is 0 Å². The third-order valence-corrected chi connectivity index (χ3v) is 4.76. The molecule has 0 saturated carbocycles. The van der Waals surface area contributed by atoms with E-state index in [1.807, 2.05) is 31.2 Å². The Hall–Kier alpha value is -3.03. The summed E-state index contributed by atoms with van der Waals surface area (Å²) in [6.45, 7) is 5.59. The molecule has 150 valence electrons. The van der Waals surface area contributed by atoms with Crippen LogP contribution in [-0.2, 0) is 11.2 Å². The van der Waals surface area contributed by atoms with Crippen LogP contribution >= 0.6 is 0 Å².